The number of carbonyl (C=O) groups is 1. The Hall–Kier alpha value is -1.38. The van der Waals surface area contributed by atoms with E-state index in [1.54, 1.807) is 24.5 Å². The molecule has 1 N–H and O–H groups in total. The van der Waals surface area contributed by atoms with Crippen LogP contribution in [0.4, 0.5) is 0 Å². The maximum absolute atomic E-state index is 11.8. The second-order valence-electron chi connectivity index (χ2n) is 4.97. The van der Waals surface area contributed by atoms with E-state index in [2.05, 4.69) is 17.2 Å². The molecule has 0 radical (unpaired) electrons. The van der Waals surface area contributed by atoms with Crippen LogP contribution < -0.4 is 5.32 Å². The highest BCUT2D eigenvalue weighted by atomic mass is 16.1. The first kappa shape index (κ1) is 12.1. The van der Waals surface area contributed by atoms with Crippen LogP contribution >= 0.6 is 0 Å². The molecule has 1 aliphatic carbocycles. The summed E-state index contributed by atoms with van der Waals surface area (Å²) in [6.07, 6.45) is 8.48. The van der Waals surface area contributed by atoms with Gasteiger partial charge in [0.2, 0.25) is 0 Å². The van der Waals surface area contributed by atoms with Crippen molar-refractivity contribution in [3.05, 3.63) is 30.1 Å². The van der Waals surface area contributed by atoms with Crippen LogP contribution in [0.25, 0.3) is 0 Å². The summed E-state index contributed by atoms with van der Waals surface area (Å²) < 4.78 is 0. The summed E-state index contributed by atoms with van der Waals surface area (Å²) in [6.45, 7) is 3.09. The molecule has 2 rings (SSSR count). The van der Waals surface area contributed by atoms with Gasteiger partial charge >= 0.3 is 0 Å². The molecule has 2 unspecified atom stereocenters. The topological polar surface area (TPSA) is 42.0 Å². The van der Waals surface area contributed by atoms with Crippen LogP contribution in [0.3, 0.4) is 0 Å². The number of pyridine rings is 1. The van der Waals surface area contributed by atoms with Gasteiger partial charge in [0.05, 0.1) is 5.56 Å². The maximum Gasteiger partial charge on any atom is 0.252 e. The quantitative estimate of drug-likeness (QED) is 0.870. The van der Waals surface area contributed by atoms with Gasteiger partial charge in [-0.05, 0) is 30.4 Å². The molecule has 1 saturated carbocycles. The highest BCUT2D eigenvalue weighted by molar-refractivity contribution is 5.93. The SMILES string of the molecule is CC1CCCCC1CNC(=O)c1cccnc1. The second-order valence-corrected chi connectivity index (χ2v) is 4.97. The molecular weight excluding hydrogens is 212 g/mol. The maximum atomic E-state index is 11.8. The lowest BCUT2D eigenvalue weighted by molar-refractivity contribution is 0.0936. The van der Waals surface area contributed by atoms with E-state index in [0.717, 1.165) is 12.5 Å². The van der Waals surface area contributed by atoms with Gasteiger partial charge in [0.15, 0.2) is 0 Å². The fraction of sp³-hybridized carbons (Fsp3) is 0.571. The molecule has 0 spiro atoms. The molecule has 0 aromatic carbocycles. The molecule has 3 nitrogen and oxygen atoms in total. The Bertz CT molecular complexity index is 364. The average molecular weight is 232 g/mol. The lowest BCUT2D eigenvalue weighted by Crippen LogP contribution is -2.33. The Labute approximate surface area is 103 Å². The molecule has 3 heteroatoms. The minimum Gasteiger partial charge on any atom is -0.352 e. The van der Waals surface area contributed by atoms with Gasteiger partial charge in [-0.2, -0.15) is 0 Å². The van der Waals surface area contributed by atoms with Crippen molar-refractivity contribution in [1.29, 1.82) is 0 Å². The molecule has 1 aliphatic rings. The fourth-order valence-electron chi connectivity index (χ4n) is 2.52. The molecule has 1 amide bonds. The average Bonchev–Trinajstić information content (AvgIpc) is 2.38. The highest BCUT2D eigenvalue weighted by Crippen LogP contribution is 2.28. The number of nitrogens with zero attached hydrogens (tertiary/aromatic N) is 1. The van der Waals surface area contributed by atoms with E-state index < -0.39 is 0 Å². The first-order valence-electron chi connectivity index (χ1n) is 6.45. The van der Waals surface area contributed by atoms with Crippen molar-refractivity contribution >= 4 is 5.91 Å². The third-order valence-electron chi connectivity index (χ3n) is 3.74. The molecule has 0 saturated heterocycles. The standard InChI is InChI=1S/C14H20N2O/c1-11-5-2-3-6-12(11)10-16-14(17)13-7-4-8-15-9-13/h4,7-9,11-12H,2-3,5-6,10H2,1H3,(H,16,17). The van der Waals surface area contributed by atoms with Crippen molar-refractivity contribution in [2.45, 2.75) is 32.6 Å². The van der Waals surface area contributed by atoms with Crippen molar-refractivity contribution in [3.63, 3.8) is 0 Å². The van der Waals surface area contributed by atoms with Gasteiger partial charge in [0, 0.05) is 18.9 Å². The van der Waals surface area contributed by atoms with E-state index in [0.29, 0.717) is 11.5 Å². The molecule has 17 heavy (non-hydrogen) atoms. The van der Waals surface area contributed by atoms with Crippen molar-refractivity contribution in [2.24, 2.45) is 11.8 Å². The van der Waals surface area contributed by atoms with Gasteiger partial charge in [-0.3, -0.25) is 9.78 Å². The zero-order valence-corrected chi connectivity index (χ0v) is 10.4. The Kier molecular flexibility index (Phi) is 4.13. The molecule has 0 aliphatic heterocycles. The smallest absolute Gasteiger partial charge is 0.252 e. The van der Waals surface area contributed by atoms with Gasteiger partial charge in [0.1, 0.15) is 0 Å². The number of hydrogen-bond donors (Lipinski definition) is 1. The number of amides is 1. The lowest BCUT2D eigenvalue weighted by Gasteiger charge is -2.28. The van der Waals surface area contributed by atoms with E-state index in [9.17, 15) is 4.79 Å². The van der Waals surface area contributed by atoms with Crippen LogP contribution in [-0.4, -0.2) is 17.4 Å². The summed E-state index contributed by atoms with van der Waals surface area (Å²) in [5, 5.41) is 3.02. The Morgan fingerprint density at radius 1 is 1.47 bits per heavy atom. The monoisotopic (exact) mass is 232 g/mol. The van der Waals surface area contributed by atoms with Gasteiger partial charge in [-0.1, -0.05) is 26.2 Å². The molecule has 1 aromatic rings. The van der Waals surface area contributed by atoms with Crippen LogP contribution in [0.5, 0.6) is 0 Å². The predicted octanol–water partition coefficient (Wildman–Crippen LogP) is 2.64. The molecule has 92 valence electrons. The van der Waals surface area contributed by atoms with Crippen LogP contribution in [0.2, 0.25) is 0 Å². The van der Waals surface area contributed by atoms with Crippen molar-refractivity contribution in [3.8, 4) is 0 Å². The minimum absolute atomic E-state index is 0.00382. The van der Waals surface area contributed by atoms with E-state index in [1.165, 1.54) is 25.7 Å². The normalized spacial score (nSPS) is 24.3. The van der Waals surface area contributed by atoms with E-state index in [1.807, 2.05) is 0 Å². The van der Waals surface area contributed by atoms with E-state index in [4.69, 9.17) is 0 Å². The van der Waals surface area contributed by atoms with Gasteiger partial charge in [-0.25, -0.2) is 0 Å². The van der Waals surface area contributed by atoms with Crippen LogP contribution in [0.1, 0.15) is 43.0 Å². The third kappa shape index (κ3) is 3.29. The zero-order valence-electron chi connectivity index (χ0n) is 10.4. The fourth-order valence-corrected chi connectivity index (χ4v) is 2.52. The summed E-state index contributed by atoms with van der Waals surface area (Å²) in [7, 11) is 0. The summed E-state index contributed by atoms with van der Waals surface area (Å²) in [5.74, 6) is 1.37. The zero-order chi connectivity index (χ0) is 12.1. The van der Waals surface area contributed by atoms with Crippen LogP contribution in [-0.2, 0) is 0 Å². The molecule has 1 aromatic heterocycles. The van der Waals surface area contributed by atoms with Gasteiger partial charge < -0.3 is 5.32 Å². The summed E-state index contributed by atoms with van der Waals surface area (Å²) in [5.41, 5.74) is 0.649. The van der Waals surface area contributed by atoms with Gasteiger partial charge in [0.25, 0.3) is 5.91 Å². The summed E-state index contributed by atoms with van der Waals surface area (Å²) >= 11 is 0. The van der Waals surface area contributed by atoms with Gasteiger partial charge in [-0.15, -0.1) is 0 Å². The second kappa shape index (κ2) is 5.80. The Morgan fingerprint density at radius 2 is 2.29 bits per heavy atom. The molecule has 1 heterocycles. The Balaban J connectivity index is 1.84. The summed E-state index contributed by atoms with van der Waals surface area (Å²) in [4.78, 5) is 15.8. The van der Waals surface area contributed by atoms with Crippen molar-refractivity contribution in [1.82, 2.24) is 10.3 Å². The largest absolute Gasteiger partial charge is 0.352 e. The first-order chi connectivity index (χ1) is 8.27. The van der Waals surface area contributed by atoms with Crippen molar-refractivity contribution < 1.29 is 4.79 Å². The Morgan fingerprint density at radius 3 is 3.00 bits per heavy atom. The number of nitrogens with one attached hydrogen (secondary N) is 1. The molecule has 0 bridgehead atoms. The molecule has 1 fully saturated rings. The number of aromatic nitrogens is 1. The van der Waals surface area contributed by atoms with E-state index in [-0.39, 0.29) is 5.91 Å². The van der Waals surface area contributed by atoms with Crippen LogP contribution in [0, 0.1) is 11.8 Å². The highest BCUT2D eigenvalue weighted by Gasteiger charge is 2.21. The first-order valence-corrected chi connectivity index (χ1v) is 6.45. The third-order valence-corrected chi connectivity index (χ3v) is 3.74. The lowest BCUT2D eigenvalue weighted by atomic mass is 9.80. The van der Waals surface area contributed by atoms with E-state index >= 15 is 0 Å². The molecular formula is C14H20N2O. The van der Waals surface area contributed by atoms with Crippen molar-refractivity contribution in [2.75, 3.05) is 6.54 Å². The number of rotatable bonds is 3. The van der Waals surface area contributed by atoms with Crippen LogP contribution in [0.15, 0.2) is 24.5 Å². The molecule has 2 atom stereocenters. The summed E-state index contributed by atoms with van der Waals surface area (Å²) in [6, 6.07) is 3.59. The minimum atomic E-state index is -0.00382. The predicted molar refractivity (Wildman–Crippen MR) is 67.7 cm³/mol. The number of hydrogen-bond acceptors (Lipinski definition) is 2. The number of carbonyl (C=O) groups excluding carboxylic acids is 1.